The van der Waals surface area contributed by atoms with Crippen LogP contribution in [-0.4, -0.2) is 62.2 Å². The van der Waals surface area contributed by atoms with Gasteiger partial charge in [0, 0.05) is 11.8 Å². The highest BCUT2D eigenvalue weighted by molar-refractivity contribution is 7.99. The first-order valence-corrected chi connectivity index (χ1v) is 7.50. The minimum absolute atomic E-state index is 0.0734. The summed E-state index contributed by atoms with van der Waals surface area (Å²) < 4.78 is 1.66. The maximum atomic E-state index is 8.89. The van der Waals surface area contributed by atoms with Crippen molar-refractivity contribution in [2.75, 3.05) is 26.0 Å². The Hall–Kier alpha value is -0.660. The van der Waals surface area contributed by atoms with Gasteiger partial charge in [0.2, 0.25) is 5.16 Å². The van der Waals surface area contributed by atoms with Crippen molar-refractivity contribution in [3.8, 4) is 0 Å². The van der Waals surface area contributed by atoms with Gasteiger partial charge in [-0.15, -0.1) is 5.10 Å². The largest absolute Gasteiger partial charge is 0.394 e. The van der Waals surface area contributed by atoms with E-state index < -0.39 is 0 Å². The zero-order valence-electron chi connectivity index (χ0n) is 10.8. The number of nitrogens with zero attached hydrogens (tertiary/aromatic N) is 5. The maximum absolute atomic E-state index is 8.89. The first-order valence-electron chi connectivity index (χ1n) is 6.51. The molecule has 1 aromatic heterocycles. The molecule has 18 heavy (non-hydrogen) atoms. The van der Waals surface area contributed by atoms with Gasteiger partial charge in [0.15, 0.2) is 0 Å². The summed E-state index contributed by atoms with van der Waals surface area (Å²) in [4.78, 5) is 2.46. The van der Waals surface area contributed by atoms with Crippen molar-refractivity contribution in [1.29, 1.82) is 0 Å². The molecule has 2 rings (SSSR count). The molecule has 1 N–H and O–H groups in total. The summed E-state index contributed by atoms with van der Waals surface area (Å²) in [6, 6.07) is 0.702. The van der Waals surface area contributed by atoms with Crippen LogP contribution in [0, 0.1) is 0 Å². The molecule has 0 bridgehead atoms. The van der Waals surface area contributed by atoms with Gasteiger partial charge in [-0.2, -0.15) is 0 Å². The lowest BCUT2D eigenvalue weighted by molar-refractivity contribution is 0.182. The van der Waals surface area contributed by atoms with Gasteiger partial charge in [-0.3, -0.25) is 0 Å². The van der Waals surface area contributed by atoms with E-state index in [1.165, 1.54) is 32.2 Å². The number of rotatable bonds is 6. The Labute approximate surface area is 112 Å². The van der Waals surface area contributed by atoms with Crippen molar-refractivity contribution in [2.24, 2.45) is 0 Å². The lowest BCUT2D eigenvalue weighted by atomic mass is 10.0. The molecule has 0 saturated carbocycles. The van der Waals surface area contributed by atoms with Crippen molar-refractivity contribution >= 4 is 11.8 Å². The predicted octanol–water partition coefficient (Wildman–Crippen LogP) is 0.632. The Balaban J connectivity index is 1.75. The number of hydrogen-bond acceptors (Lipinski definition) is 6. The van der Waals surface area contributed by atoms with Crippen molar-refractivity contribution in [2.45, 2.75) is 43.4 Å². The van der Waals surface area contributed by atoms with Gasteiger partial charge in [0.1, 0.15) is 0 Å². The highest BCUT2D eigenvalue weighted by Crippen LogP contribution is 2.22. The highest BCUT2D eigenvalue weighted by atomic mass is 32.2. The number of piperidine rings is 1. The Bertz CT molecular complexity index is 359. The van der Waals surface area contributed by atoms with Gasteiger partial charge in [-0.25, -0.2) is 4.68 Å². The van der Waals surface area contributed by atoms with Crippen LogP contribution in [0.3, 0.4) is 0 Å². The molecule has 0 aromatic carbocycles. The van der Waals surface area contributed by atoms with E-state index in [4.69, 9.17) is 5.11 Å². The summed E-state index contributed by atoms with van der Waals surface area (Å²) in [7, 11) is 2.21. The summed E-state index contributed by atoms with van der Waals surface area (Å²) in [5, 5.41) is 21.2. The minimum Gasteiger partial charge on any atom is -0.394 e. The Kier molecular flexibility index (Phi) is 5.40. The molecule has 1 atom stereocenters. The molecule has 0 amide bonds. The quantitative estimate of drug-likeness (QED) is 0.766. The van der Waals surface area contributed by atoms with Crippen LogP contribution in [0.2, 0.25) is 0 Å². The summed E-state index contributed by atoms with van der Waals surface area (Å²) in [6.07, 6.45) is 5.16. The van der Waals surface area contributed by atoms with Crippen LogP contribution in [0.5, 0.6) is 0 Å². The summed E-state index contributed by atoms with van der Waals surface area (Å²) in [6.45, 7) is 1.76. The summed E-state index contributed by atoms with van der Waals surface area (Å²) in [5.41, 5.74) is 0. The van der Waals surface area contributed by atoms with Gasteiger partial charge in [0.05, 0.1) is 13.2 Å². The third-order valence-corrected chi connectivity index (χ3v) is 4.41. The van der Waals surface area contributed by atoms with E-state index in [9.17, 15) is 0 Å². The zero-order valence-corrected chi connectivity index (χ0v) is 11.6. The van der Waals surface area contributed by atoms with E-state index in [1.807, 2.05) is 0 Å². The number of thioether (sulfide) groups is 1. The molecule has 0 radical (unpaired) electrons. The highest BCUT2D eigenvalue weighted by Gasteiger charge is 2.18. The molecule has 102 valence electrons. The van der Waals surface area contributed by atoms with Crippen molar-refractivity contribution < 1.29 is 5.11 Å². The first-order chi connectivity index (χ1) is 8.81. The van der Waals surface area contributed by atoms with Crippen molar-refractivity contribution in [3.63, 3.8) is 0 Å². The number of aliphatic hydroxyl groups is 1. The lowest BCUT2D eigenvalue weighted by Gasteiger charge is -2.32. The molecule has 2 heterocycles. The number of aromatic nitrogens is 4. The molecule has 7 heteroatoms. The molecular formula is C11H21N5OS. The standard InChI is InChI=1S/C11H21N5OS/c1-15-6-3-2-4-10(15)5-9-18-11-12-13-14-16(11)7-8-17/h10,17H,2-9H2,1H3. The predicted molar refractivity (Wildman–Crippen MR) is 70.5 cm³/mol. The number of hydrogen-bond donors (Lipinski definition) is 1. The van der Waals surface area contributed by atoms with E-state index >= 15 is 0 Å². The van der Waals surface area contributed by atoms with Gasteiger partial charge in [-0.05, 0) is 43.3 Å². The fourth-order valence-corrected chi connectivity index (χ4v) is 3.27. The van der Waals surface area contributed by atoms with Crippen LogP contribution < -0.4 is 0 Å². The monoisotopic (exact) mass is 271 g/mol. The molecule has 1 aromatic rings. The van der Waals surface area contributed by atoms with Crippen molar-refractivity contribution in [1.82, 2.24) is 25.1 Å². The van der Waals surface area contributed by atoms with E-state index in [1.54, 1.807) is 16.4 Å². The van der Waals surface area contributed by atoms with Gasteiger partial charge < -0.3 is 10.0 Å². The molecule has 6 nitrogen and oxygen atoms in total. The molecule has 0 spiro atoms. The minimum atomic E-state index is 0.0734. The molecule has 1 fully saturated rings. The van der Waals surface area contributed by atoms with E-state index in [2.05, 4.69) is 27.5 Å². The number of likely N-dealkylation sites (tertiary alicyclic amines) is 1. The summed E-state index contributed by atoms with van der Waals surface area (Å²) in [5.74, 6) is 1.03. The fourth-order valence-electron chi connectivity index (χ4n) is 2.33. The Morgan fingerprint density at radius 3 is 3.11 bits per heavy atom. The first kappa shape index (κ1) is 13.8. The topological polar surface area (TPSA) is 67.1 Å². The second kappa shape index (κ2) is 7.06. The fraction of sp³-hybridized carbons (Fsp3) is 0.909. The third-order valence-electron chi connectivity index (χ3n) is 3.41. The smallest absolute Gasteiger partial charge is 0.209 e. The molecule has 1 unspecified atom stereocenters. The number of tetrazole rings is 1. The second-order valence-corrected chi connectivity index (χ2v) is 5.74. The summed E-state index contributed by atoms with van der Waals surface area (Å²) >= 11 is 1.68. The van der Waals surface area contributed by atoms with E-state index in [-0.39, 0.29) is 6.61 Å². The Morgan fingerprint density at radius 2 is 2.33 bits per heavy atom. The average molecular weight is 271 g/mol. The molecule has 0 aliphatic carbocycles. The second-order valence-electron chi connectivity index (χ2n) is 4.68. The SMILES string of the molecule is CN1CCCCC1CCSc1nnnn1CCO. The Morgan fingerprint density at radius 1 is 1.44 bits per heavy atom. The van der Waals surface area contributed by atoms with Crippen LogP contribution in [0.15, 0.2) is 5.16 Å². The molecular weight excluding hydrogens is 250 g/mol. The maximum Gasteiger partial charge on any atom is 0.209 e. The molecule has 1 saturated heterocycles. The number of aliphatic hydroxyl groups excluding tert-OH is 1. The average Bonchev–Trinajstić information content (AvgIpc) is 2.80. The van der Waals surface area contributed by atoms with Crippen LogP contribution in [-0.2, 0) is 6.54 Å². The van der Waals surface area contributed by atoms with E-state index in [0.29, 0.717) is 12.6 Å². The van der Waals surface area contributed by atoms with E-state index in [0.717, 1.165) is 10.9 Å². The third kappa shape index (κ3) is 3.66. The van der Waals surface area contributed by atoms with Gasteiger partial charge >= 0.3 is 0 Å². The van der Waals surface area contributed by atoms with Crippen LogP contribution in [0.1, 0.15) is 25.7 Å². The van der Waals surface area contributed by atoms with Gasteiger partial charge in [-0.1, -0.05) is 18.2 Å². The van der Waals surface area contributed by atoms with Crippen molar-refractivity contribution in [3.05, 3.63) is 0 Å². The normalized spacial score (nSPS) is 21.3. The van der Waals surface area contributed by atoms with Crippen LogP contribution in [0.4, 0.5) is 0 Å². The molecule has 1 aliphatic heterocycles. The zero-order chi connectivity index (χ0) is 12.8. The lowest BCUT2D eigenvalue weighted by Crippen LogP contribution is -2.36. The molecule has 1 aliphatic rings. The van der Waals surface area contributed by atoms with Crippen LogP contribution >= 0.6 is 11.8 Å². The van der Waals surface area contributed by atoms with Gasteiger partial charge in [0.25, 0.3) is 0 Å². The van der Waals surface area contributed by atoms with Crippen LogP contribution in [0.25, 0.3) is 0 Å².